The Bertz CT molecular complexity index is 2880. The van der Waals surface area contributed by atoms with Crippen LogP contribution >= 0.6 is 11.3 Å². The summed E-state index contributed by atoms with van der Waals surface area (Å²) in [6.45, 7) is 14.5. The number of aryl methyl sites for hydroxylation is 1. The molecular weight excluding hydrogens is 955 g/mol. The number of likely N-dealkylation sites (tertiary alicyclic amines) is 1. The van der Waals surface area contributed by atoms with Gasteiger partial charge in [-0.25, -0.2) is 22.9 Å². The van der Waals surface area contributed by atoms with Crippen molar-refractivity contribution in [3.8, 4) is 21.7 Å². The zero-order valence-corrected chi connectivity index (χ0v) is 43.3. The zero-order valence-electron chi connectivity index (χ0n) is 41.7. The van der Waals surface area contributed by atoms with Crippen LogP contribution in [0.1, 0.15) is 44.9 Å². The minimum absolute atomic E-state index is 0.0819. The van der Waals surface area contributed by atoms with Gasteiger partial charge in [0, 0.05) is 87.5 Å². The smallest absolute Gasteiger partial charge is 0.245 e. The van der Waals surface area contributed by atoms with Crippen molar-refractivity contribution in [3.05, 3.63) is 108 Å². The molecule has 5 heterocycles. The van der Waals surface area contributed by atoms with Crippen molar-refractivity contribution in [3.63, 3.8) is 0 Å². The number of aliphatic hydroxyl groups excluding tert-OH is 1. The van der Waals surface area contributed by atoms with Crippen LogP contribution in [0.5, 0.6) is 0 Å². The van der Waals surface area contributed by atoms with Gasteiger partial charge in [0.15, 0.2) is 0 Å². The third-order valence-corrected chi connectivity index (χ3v) is 14.7. The number of nitrogens with one attached hydrogen (secondary N) is 3. The Balaban J connectivity index is 0.720. The number of piperazine rings is 1. The summed E-state index contributed by atoms with van der Waals surface area (Å²) in [6.07, 6.45) is 2.69. The van der Waals surface area contributed by atoms with Gasteiger partial charge in [-0.05, 0) is 78.4 Å². The van der Waals surface area contributed by atoms with Gasteiger partial charge in [-0.2, -0.15) is 0 Å². The second-order valence-corrected chi connectivity index (χ2v) is 22.3. The molecule has 0 radical (unpaired) electrons. The Kier molecular flexibility index (Phi) is 16.9. The number of anilines is 4. The number of nitrogens with two attached hydrogens (primary N) is 1. The minimum atomic E-state index is -3.41. The van der Waals surface area contributed by atoms with Gasteiger partial charge in [0.05, 0.1) is 71.6 Å². The van der Waals surface area contributed by atoms with Crippen molar-refractivity contribution >= 4 is 61.7 Å². The first kappa shape index (κ1) is 52.3. The molecule has 2 amide bonds. The Morgan fingerprint density at radius 2 is 1.64 bits per heavy atom. The number of thiazole rings is 1. The van der Waals surface area contributed by atoms with Crippen LogP contribution in [0.2, 0.25) is 0 Å². The van der Waals surface area contributed by atoms with E-state index in [4.69, 9.17) is 20.3 Å². The summed E-state index contributed by atoms with van der Waals surface area (Å²) < 4.78 is 39.7. The highest BCUT2D eigenvalue weighted by molar-refractivity contribution is 7.92. The molecule has 8 rings (SSSR count). The molecule has 6 aromatic rings. The molecule has 72 heavy (non-hydrogen) atoms. The predicted molar refractivity (Wildman–Crippen MR) is 283 cm³/mol. The van der Waals surface area contributed by atoms with Gasteiger partial charge in [-0.3, -0.25) is 19.2 Å². The highest BCUT2D eigenvalue weighted by atomic mass is 32.2. The summed E-state index contributed by atoms with van der Waals surface area (Å²) in [5.41, 5.74) is 15.9. The third-order valence-electron chi connectivity index (χ3n) is 13.2. The van der Waals surface area contributed by atoms with E-state index < -0.39 is 39.5 Å². The molecule has 20 heteroatoms. The number of carbonyl (C=O) groups is 2. The summed E-state index contributed by atoms with van der Waals surface area (Å²) >= 11 is 1.59. The van der Waals surface area contributed by atoms with Crippen molar-refractivity contribution in [1.29, 1.82) is 0 Å². The highest BCUT2D eigenvalue weighted by Crippen LogP contribution is 2.34. The molecule has 0 spiro atoms. The molecule has 0 saturated carbocycles. The number of rotatable bonds is 21. The maximum absolute atomic E-state index is 14.2. The summed E-state index contributed by atoms with van der Waals surface area (Å²) in [6, 6.07) is 25.9. The molecule has 0 aliphatic carbocycles. The number of aliphatic hydroxyl groups is 1. The Morgan fingerprint density at radius 3 is 2.33 bits per heavy atom. The first-order chi connectivity index (χ1) is 34.5. The molecule has 3 aromatic carbocycles. The molecule has 2 aliphatic rings. The molecular formula is C52H67N11O7S2. The second-order valence-electron chi connectivity index (χ2n) is 19.7. The SMILES string of the molecule is Cc1ncsc1-c1ccc(CNC(=O)[C@@H]2C[C@@H](O)CN2C(=O)[C@H](C(N)CCOCCOCCN2CCN(c3ccc(Nc4ncc5ccc(-c6cccc(NS(C)(=O)=O)c6)n5n4)cc3)CC2)C(C)(C)C)cc1. The number of hydrogen-bond donors (Lipinski definition) is 5. The lowest BCUT2D eigenvalue weighted by Crippen LogP contribution is -2.54. The van der Waals surface area contributed by atoms with Gasteiger partial charge < -0.3 is 40.7 Å². The summed E-state index contributed by atoms with van der Waals surface area (Å²) in [5.74, 6) is -0.684. The molecule has 2 saturated heterocycles. The number of amides is 2. The molecule has 0 bridgehead atoms. The van der Waals surface area contributed by atoms with E-state index in [2.05, 4.69) is 47.3 Å². The average Bonchev–Trinajstić information content (AvgIpc) is 4.09. The number of β-amino-alcohol motifs (C(OH)–C–C–N with tert-alkyl or cyclic N) is 1. The minimum Gasteiger partial charge on any atom is -0.391 e. The maximum atomic E-state index is 14.2. The second kappa shape index (κ2) is 23.3. The number of carbonyl (C=O) groups excluding carboxylic acids is 2. The maximum Gasteiger partial charge on any atom is 0.245 e. The van der Waals surface area contributed by atoms with Crippen LogP contribution in [0.25, 0.3) is 27.2 Å². The highest BCUT2D eigenvalue weighted by Gasteiger charge is 2.45. The van der Waals surface area contributed by atoms with Gasteiger partial charge in [0.1, 0.15) is 6.04 Å². The number of nitrogens with zero attached hydrogens (tertiary/aromatic N) is 7. The van der Waals surface area contributed by atoms with E-state index >= 15 is 0 Å². The van der Waals surface area contributed by atoms with Crippen molar-refractivity contribution in [1.82, 2.24) is 34.7 Å². The van der Waals surface area contributed by atoms with Gasteiger partial charge in [0.2, 0.25) is 27.8 Å². The average molecular weight is 1020 g/mol. The molecule has 384 valence electrons. The van der Waals surface area contributed by atoms with Crippen LogP contribution in [0.15, 0.2) is 96.6 Å². The largest absolute Gasteiger partial charge is 0.391 e. The first-order valence-electron chi connectivity index (χ1n) is 24.4. The van der Waals surface area contributed by atoms with Gasteiger partial charge in [-0.1, -0.05) is 57.2 Å². The van der Waals surface area contributed by atoms with Crippen LogP contribution in [0.3, 0.4) is 0 Å². The van der Waals surface area contributed by atoms with Crippen LogP contribution in [-0.2, 0) is 35.6 Å². The lowest BCUT2D eigenvalue weighted by Gasteiger charge is -2.38. The van der Waals surface area contributed by atoms with Crippen molar-refractivity contribution < 1.29 is 32.6 Å². The molecule has 2 aliphatic heterocycles. The van der Waals surface area contributed by atoms with Gasteiger partial charge in [0.25, 0.3) is 0 Å². The van der Waals surface area contributed by atoms with E-state index in [1.54, 1.807) is 40.2 Å². The van der Waals surface area contributed by atoms with Crippen LogP contribution in [0.4, 0.5) is 23.0 Å². The Hall–Kier alpha value is -6.00. The topological polar surface area (TPSA) is 222 Å². The fraction of sp³-hybridized carbons (Fsp3) is 0.442. The summed E-state index contributed by atoms with van der Waals surface area (Å²) in [5, 5.41) is 21.7. The molecule has 4 atom stereocenters. The van der Waals surface area contributed by atoms with E-state index in [0.29, 0.717) is 51.0 Å². The quantitative estimate of drug-likeness (QED) is 0.0542. The molecule has 18 nitrogen and oxygen atoms in total. The van der Waals surface area contributed by atoms with Crippen molar-refractivity contribution in [2.75, 3.05) is 86.9 Å². The number of ether oxygens (including phenoxy) is 2. The fourth-order valence-electron chi connectivity index (χ4n) is 9.49. The van der Waals surface area contributed by atoms with Crippen LogP contribution in [0, 0.1) is 18.3 Å². The molecule has 6 N–H and O–H groups in total. The first-order valence-corrected chi connectivity index (χ1v) is 27.2. The van der Waals surface area contributed by atoms with Gasteiger partial charge >= 0.3 is 0 Å². The van der Waals surface area contributed by atoms with Crippen molar-refractivity contribution in [2.45, 2.75) is 65.3 Å². The van der Waals surface area contributed by atoms with E-state index in [1.165, 1.54) is 4.90 Å². The lowest BCUT2D eigenvalue weighted by atomic mass is 9.74. The Labute approximate surface area is 426 Å². The fourth-order valence-corrected chi connectivity index (χ4v) is 10.9. The number of hydrogen-bond acceptors (Lipinski definition) is 15. The summed E-state index contributed by atoms with van der Waals surface area (Å²) in [4.78, 5) is 44.0. The number of benzene rings is 3. The normalized spacial score (nSPS) is 17.5. The Morgan fingerprint density at radius 1 is 0.903 bits per heavy atom. The van der Waals surface area contributed by atoms with Crippen LogP contribution < -0.4 is 26.0 Å². The lowest BCUT2D eigenvalue weighted by molar-refractivity contribution is -0.145. The van der Waals surface area contributed by atoms with E-state index in [-0.39, 0.29) is 24.8 Å². The van der Waals surface area contributed by atoms with E-state index in [9.17, 15) is 23.1 Å². The number of fused-ring (bicyclic) bond motifs is 1. The van der Waals surface area contributed by atoms with Crippen molar-refractivity contribution in [2.24, 2.45) is 17.1 Å². The number of aromatic nitrogens is 4. The molecule has 3 aromatic heterocycles. The molecule has 2 fully saturated rings. The summed E-state index contributed by atoms with van der Waals surface area (Å²) in [7, 11) is -3.41. The monoisotopic (exact) mass is 1020 g/mol. The van der Waals surface area contributed by atoms with E-state index in [0.717, 1.165) is 88.8 Å². The predicted octanol–water partition coefficient (Wildman–Crippen LogP) is 5.76. The number of sulfonamides is 1. The van der Waals surface area contributed by atoms with E-state index in [1.807, 2.05) is 87.8 Å². The van der Waals surface area contributed by atoms with Gasteiger partial charge in [-0.15, -0.1) is 16.4 Å². The zero-order chi connectivity index (χ0) is 51.0. The standard InChI is InChI=1S/C52H67N11O7S2/c1-35-48(71-34-56-35)37-11-9-36(10-12-37)31-54-49(65)46-30-43(64)33-62(46)50(66)47(52(2,3)4)44(53)19-25-69-27-28-70-26-24-60-20-22-61(23-21-60)41-15-13-39(14-16-41)57-51-55-32-42-17-18-45(63(42)58-51)38-7-6-8-40(29-38)59-72(5,67)68/h6-18,29,32,34,43-44,46-47,59,64H,19-28,30-31,33,53H2,1-5H3,(H,54,65)(H,57,58)/t43-,44?,46+,47+/m1/s1. The van der Waals surface area contributed by atoms with Crippen LogP contribution in [-0.4, -0.2) is 145 Å². The third kappa shape index (κ3) is 13.5. The molecule has 1 unspecified atom stereocenters.